The van der Waals surface area contributed by atoms with E-state index in [9.17, 15) is 9.59 Å². The summed E-state index contributed by atoms with van der Waals surface area (Å²) >= 11 is 0. The van der Waals surface area contributed by atoms with Crippen LogP contribution in [0.3, 0.4) is 0 Å². The number of nitrogens with zero attached hydrogens (tertiary/aromatic N) is 1. The molecule has 0 heterocycles. The second-order valence-electron chi connectivity index (χ2n) is 4.64. The average molecular weight is 295 g/mol. The third-order valence-corrected chi connectivity index (χ3v) is 3.04. The fourth-order valence-electron chi connectivity index (χ4n) is 1.90. The summed E-state index contributed by atoms with van der Waals surface area (Å²) in [6.45, 7) is 3.54. The van der Waals surface area contributed by atoms with Crippen molar-refractivity contribution in [3.05, 3.63) is 23.8 Å². The largest absolute Gasteiger partial charge is 0.493 e. The molecular weight excluding hydrogens is 274 g/mol. The van der Waals surface area contributed by atoms with Crippen molar-refractivity contribution in [1.82, 2.24) is 4.90 Å². The van der Waals surface area contributed by atoms with E-state index < -0.39 is 5.97 Å². The van der Waals surface area contributed by atoms with Gasteiger partial charge in [-0.3, -0.25) is 9.59 Å². The van der Waals surface area contributed by atoms with Gasteiger partial charge in [-0.15, -0.1) is 0 Å². The van der Waals surface area contributed by atoms with Crippen LogP contribution in [0.2, 0.25) is 0 Å². The van der Waals surface area contributed by atoms with Crippen LogP contribution in [0, 0.1) is 0 Å². The number of esters is 1. The zero-order chi connectivity index (χ0) is 16.0. The fourth-order valence-corrected chi connectivity index (χ4v) is 1.90. The van der Waals surface area contributed by atoms with Crippen molar-refractivity contribution in [2.75, 3.05) is 27.9 Å². The number of ether oxygens (including phenoxy) is 3. The highest BCUT2D eigenvalue weighted by atomic mass is 16.5. The molecule has 0 saturated carbocycles. The number of amides is 1. The number of carbonyl (C=O) groups excluding carboxylic acids is 2. The third kappa shape index (κ3) is 3.87. The lowest BCUT2D eigenvalue weighted by Crippen LogP contribution is -2.41. The first-order chi connectivity index (χ1) is 9.96. The molecule has 21 heavy (non-hydrogen) atoms. The standard InChI is InChI=1S/C15H21NO5/c1-10(2)16(9-13(17)20-4)15(18)11-7-6-8-12(19-3)14(11)21-5/h6-8,10H,9H2,1-5H3. The van der Waals surface area contributed by atoms with E-state index >= 15 is 0 Å². The number of methoxy groups -OCH3 is 3. The molecule has 0 aliphatic rings. The van der Waals surface area contributed by atoms with E-state index in [0.29, 0.717) is 17.1 Å². The Balaban J connectivity index is 3.18. The van der Waals surface area contributed by atoms with Crippen molar-refractivity contribution in [3.8, 4) is 11.5 Å². The van der Waals surface area contributed by atoms with Crippen molar-refractivity contribution in [1.29, 1.82) is 0 Å². The first kappa shape index (κ1) is 16.8. The molecule has 1 aromatic carbocycles. The van der Waals surface area contributed by atoms with Crippen molar-refractivity contribution in [2.45, 2.75) is 19.9 Å². The maximum Gasteiger partial charge on any atom is 0.325 e. The van der Waals surface area contributed by atoms with Crippen molar-refractivity contribution < 1.29 is 23.8 Å². The summed E-state index contributed by atoms with van der Waals surface area (Å²) < 4.78 is 15.1. The summed E-state index contributed by atoms with van der Waals surface area (Å²) in [6.07, 6.45) is 0. The van der Waals surface area contributed by atoms with Crippen molar-refractivity contribution in [2.24, 2.45) is 0 Å². The molecule has 0 aromatic heterocycles. The molecular formula is C15H21NO5. The number of carbonyl (C=O) groups is 2. The summed E-state index contributed by atoms with van der Waals surface area (Å²) in [5.74, 6) is 0.0238. The van der Waals surface area contributed by atoms with Crippen LogP contribution in [0.4, 0.5) is 0 Å². The number of hydrogen-bond acceptors (Lipinski definition) is 5. The molecule has 1 aromatic rings. The maximum absolute atomic E-state index is 12.7. The highest BCUT2D eigenvalue weighted by Gasteiger charge is 2.25. The molecule has 6 heteroatoms. The van der Waals surface area contributed by atoms with Crippen LogP contribution >= 0.6 is 0 Å². The second kappa shape index (κ2) is 7.52. The van der Waals surface area contributed by atoms with E-state index in [1.54, 1.807) is 18.2 Å². The lowest BCUT2D eigenvalue weighted by atomic mass is 10.1. The monoisotopic (exact) mass is 295 g/mol. The number of rotatable bonds is 6. The average Bonchev–Trinajstić information content (AvgIpc) is 2.50. The Kier molecular flexibility index (Phi) is 6.02. The van der Waals surface area contributed by atoms with Crippen molar-refractivity contribution in [3.63, 3.8) is 0 Å². The predicted molar refractivity (Wildman–Crippen MR) is 77.7 cm³/mol. The van der Waals surface area contributed by atoms with E-state index in [0.717, 1.165) is 0 Å². The fraction of sp³-hybridized carbons (Fsp3) is 0.467. The van der Waals surface area contributed by atoms with Gasteiger partial charge < -0.3 is 19.1 Å². The highest BCUT2D eigenvalue weighted by Crippen LogP contribution is 2.31. The minimum Gasteiger partial charge on any atom is -0.493 e. The first-order valence-electron chi connectivity index (χ1n) is 6.55. The van der Waals surface area contributed by atoms with Crippen LogP contribution in [0.1, 0.15) is 24.2 Å². The Bertz CT molecular complexity index is 513. The summed E-state index contributed by atoms with van der Waals surface area (Å²) in [7, 11) is 4.26. The predicted octanol–water partition coefficient (Wildman–Crippen LogP) is 1.73. The van der Waals surface area contributed by atoms with Gasteiger partial charge in [0.05, 0.1) is 26.9 Å². The molecule has 0 bridgehead atoms. The van der Waals surface area contributed by atoms with Crippen LogP contribution in [0.25, 0.3) is 0 Å². The molecule has 1 rings (SSSR count). The van der Waals surface area contributed by atoms with Gasteiger partial charge in [-0.2, -0.15) is 0 Å². The summed E-state index contributed by atoms with van der Waals surface area (Å²) in [4.78, 5) is 25.6. The second-order valence-corrected chi connectivity index (χ2v) is 4.64. The molecule has 1 amide bonds. The van der Waals surface area contributed by atoms with E-state index in [-0.39, 0.29) is 18.5 Å². The number of para-hydroxylation sites is 1. The minimum absolute atomic E-state index is 0.118. The van der Waals surface area contributed by atoms with Gasteiger partial charge in [0.1, 0.15) is 6.54 Å². The van der Waals surface area contributed by atoms with Gasteiger partial charge in [-0.1, -0.05) is 6.07 Å². The molecule has 0 unspecified atom stereocenters. The molecule has 0 spiro atoms. The summed E-state index contributed by atoms with van der Waals surface area (Å²) in [5, 5.41) is 0. The molecule has 116 valence electrons. The van der Waals surface area contributed by atoms with Gasteiger partial charge in [0.2, 0.25) is 0 Å². The quantitative estimate of drug-likeness (QED) is 0.748. The normalized spacial score (nSPS) is 10.2. The highest BCUT2D eigenvalue weighted by molar-refractivity contribution is 5.99. The number of benzene rings is 1. The molecule has 0 aliphatic carbocycles. The molecule has 0 radical (unpaired) electrons. The zero-order valence-corrected chi connectivity index (χ0v) is 13.0. The van der Waals surface area contributed by atoms with E-state index in [1.165, 1.54) is 26.2 Å². The number of hydrogen-bond donors (Lipinski definition) is 0. The van der Waals surface area contributed by atoms with Gasteiger partial charge in [-0.05, 0) is 26.0 Å². The third-order valence-electron chi connectivity index (χ3n) is 3.04. The van der Waals surface area contributed by atoms with E-state index in [2.05, 4.69) is 4.74 Å². The van der Waals surface area contributed by atoms with Gasteiger partial charge in [-0.25, -0.2) is 0 Å². The summed E-state index contributed by atoms with van der Waals surface area (Å²) in [5.41, 5.74) is 0.342. The van der Waals surface area contributed by atoms with Crippen molar-refractivity contribution >= 4 is 11.9 Å². The molecule has 0 N–H and O–H groups in total. The Hall–Kier alpha value is -2.24. The van der Waals surface area contributed by atoms with Crippen LogP contribution in [-0.4, -0.2) is 50.7 Å². The van der Waals surface area contributed by atoms with Gasteiger partial charge in [0.25, 0.3) is 5.91 Å². The van der Waals surface area contributed by atoms with Gasteiger partial charge in [0.15, 0.2) is 11.5 Å². The minimum atomic E-state index is -0.473. The topological polar surface area (TPSA) is 65.1 Å². The van der Waals surface area contributed by atoms with Crippen LogP contribution in [-0.2, 0) is 9.53 Å². The Morgan fingerprint density at radius 1 is 1.14 bits per heavy atom. The SMILES string of the molecule is COC(=O)CN(C(=O)c1cccc(OC)c1OC)C(C)C. The molecule has 0 atom stereocenters. The summed E-state index contributed by atoms with van der Waals surface area (Å²) in [6, 6.07) is 4.88. The lowest BCUT2D eigenvalue weighted by molar-refractivity contribution is -0.141. The maximum atomic E-state index is 12.7. The zero-order valence-electron chi connectivity index (χ0n) is 13.0. The molecule has 0 saturated heterocycles. The van der Waals surface area contributed by atoms with Gasteiger partial charge in [0, 0.05) is 6.04 Å². The van der Waals surface area contributed by atoms with E-state index in [1.807, 2.05) is 13.8 Å². The van der Waals surface area contributed by atoms with Crippen LogP contribution in [0.5, 0.6) is 11.5 Å². The molecule has 0 aliphatic heterocycles. The Morgan fingerprint density at radius 3 is 2.29 bits per heavy atom. The van der Waals surface area contributed by atoms with Crippen LogP contribution in [0.15, 0.2) is 18.2 Å². The Morgan fingerprint density at radius 2 is 1.81 bits per heavy atom. The van der Waals surface area contributed by atoms with E-state index in [4.69, 9.17) is 9.47 Å². The first-order valence-corrected chi connectivity index (χ1v) is 6.55. The molecule has 0 fully saturated rings. The van der Waals surface area contributed by atoms with Crippen LogP contribution < -0.4 is 9.47 Å². The molecule has 6 nitrogen and oxygen atoms in total. The smallest absolute Gasteiger partial charge is 0.325 e. The van der Waals surface area contributed by atoms with Gasteiger partial charge >= 0.3 is 5.97 Å². The lowest BCUT2D eigenvalue weighted by Gasteiger charge is -2.26. The Labute approximate surface area is 124 Å².